The maximum absolute atomic E-state index is 13.2. The molecule has 1 aliphatic carbocycles. The first-order valence-corrected chi connectivity index (χ1v) is 20.7. The monoisotopic (exact) mass is 707 g/mol. The third kappa shape index (κ3) is 11.9. The van der Waals surface area contributed by atoms with Crippen molar-refractivity contribution < 1.29 is 38.4 Å². The molecule has 8 nitrogen and oxygen atoms in total. The molecule has 2 bridgehead atoms. The molecule has 3 rings (SSSR count). The van der Waals surface area contributed by atoms with Crippen LogP contribution in [-0.4, -0.2) is 58.1 Å². The van der Waals surface area contributed by atoms with Crippen LogP contribution < -0.4 is 0 Å². The molecule has 1 N–H and O–H groups in total. The molecule has 0 aromatic heterocycles. The molecule has 2 saturated heterocycles. The molecule has 0 unspecified atom stereocenters. The lowest BCUT2D eigenvalue weighted by Crippen LogP contribution is -2.58. The zero-order valence-corrected chi connectivity index (χ0v) is 33.2. The second kappa shape index (κ2) is 20.0. The lowest BCUT2D eigenvalue weighted by molar-refractivity contribution is -0.186. The van der Waals surface area contributed by atoms with Crippen LogP contribution in [0.25, 0.3) is 0 Å². The summed E-state index contributed by atoms with van der Waals surface area (Å²) in [5.41, 5.74) is -3.20. The highest BCUT2D eigenvalue weighted by Gasteiger charge is 2.65. The Morgan fingerprint density at radius 1 is 0.740 bits per heavy atom. The van der Waals surface area contributed by atoms with Gasteiger partial charge in [0.2, 0.25) is 0 Å². The molecule has 50 heavy (non-hydrogen) atoms. The topological polar surface area (TPSA) is 108 Å². The number of carbonyl (C=O) groups excluding carboxylic acids is 3. The Morgan fingerprint density at radius 2 is 1.30 bits per heavy atom. The van der Waals surface area contributed by atoms with E-state index in [4.69, 9.17) is 18.9 Å². The predicted octanol–water partition coefficient (Wildman–Crippen LogP) is 9.80. The summed E-state index contributed by atoms with van der Waals surface area (Å²) in [6.45, 7) is 15.8. The van der Waals surface area contributed by atoms with Crippen molar-refractivity contribution in [2.75, 3.05) is 0 Å². The van der Waals surface area contributed by atoms with E-state index in [1.807, 2.05) is 20.8 Å². The summed E-state index contributed by atoms with van der Waals surface area (Å²) in [5.74, 6) is -0.564. The third-order valence-corrected chi connectivity index (χ3v) is 12.3. The number of rotatable bonds is 20. The molecule has 9 atom stereocenters. The van der Waals surface area contributed by atoms with Crippen LogP contribution in [0.4, 0.5) is 0 Å². The van der Waals surface area contributed by atoms with Gasteiger partial charge in [-0.1, -0.05) is 105 Å². The number of ether oxygens (including phenoxy) is 4. The summed E-state index contributed by atoms with van der Waals surface area (Å²) >= 11 is 0. The zero-order valence-electron chi connectivity index (χ0n) is 33.2. The highest BCUT2D eigenvalue weighted by molar-refractivity contribution is 5.70. The first-order chi connectivity index (χ1) is 23.7. The number of unbranched alkanes of at least 4 members (excludes halogenated alkanes) is 12. The number of fused-ring (bicyclic) bond motifs is 5. The number of hydrogen-bond acceptors (Lipinski definition) is 8. The van der Waals surface area contributed by atoms with Gasteiger partial charge in [0, 0.05) is 38.0 Å². The van der Waals surface area contributed by atoms with E-state index in [-0.39, 0.29) is 42.1 Å². The molecule has 0 amide bonds. The lowest BCUT2D eigenvalue weighted by Gasteiger charge is -2.51. The summed E-state index contributed by atoms with van der Waals surface area (Å²) in [5, 5.41) is 12.1. The van der Waals surface area contributed by atoms with E-state index >= 15 is 0 Å². The van der Waals surface area contributed by atoms with Gasteiger partial charge in [0.05, 0.1) is 6.10 Å². The minimum atomic E-state index is -1.39. The van der Waals surface area contributed by atoms with E-state index in [0.29, 0.717) is 44.4 Å². The number of aliphatic hydroxyl groups is 1. The summed E-state index contributed by atoms with van der Waals surface area (Å²) in [4.78, 5) is 38.8. The fourth-order valence-electron chi connectivity index (χ4n) is 9.58. The van der Waals surface area contributed by atoms with Crippen LogP contribution in [0.5, 0.6) is 0 Å². The fraction of sp³-hybridized carbons (Fsp3) is 0.929. The Balaban J connectivity index is 1.68. The zero-order chi connectivity index (χ0) is 37.0. The van der Waals surface area contributed by atoms with E-state index in [1.165, 1.54) is 71.1 Å². The van der Waals surface area contributed by atoms with Crippen LogP contribution in [0.15, 0.2) is 0 Å². The SMILES string of the molecule is CCCCCCCCCCCCCCCC(=O)O[C@H]1CC[C@@](C)(OC(=O)CCC)[C@@H]2O[C@H](C[C@]1(C)O)[C@@H]1[C@H]2[C@@H](C(C)C)CC[C@@]1(C)OC(C)=O. The molecule has 0 radical (unpaired) electrons. The summed E-state index contributed by atoms with van der Waals surface area (Å²) in [6, 6.07) is 0. The van der Waals surface area contributed by atoms with Gasteiger partial charge in [0.25, 0.3) is 0 Å². The van der Waals surface area contributed by atoms with Crippen LogP contribution in [0.3, 0.4) is 0 Å². The second-order valence-corrected chi connectivity index (χ2v) is 17.2. The van der Waals surface area contributed by atoms with E-state index < -0.39 is 35.1 Å². The molecule has 8 heteroatoms. The van der Waals surface area contributed by atoms with Gasteiger partial charge in [-0.2, -0.15) is 0 Å². The van der Waals surface area contributed by atoms with Gasteiger partial charge in [0.1, 0.15) is 29.0 Å². The van der Waals surface area contributed by atoms with Crippen LogP contribution in [0.2, 0.25) is 0 Å². The average Bonchev–Trinajstić information content (AvgIpc) is 3.42. The highest BCUT2D eigenvalue weighted by atomic mass is 16.6. The second-order valence-electron chi connectivity index (χ2n) is 17.2. The standard InChI is InChI=1S/C42H74O8/c1-9-11-12-13-14-15-16-17-18-19-20-21-22-24-35(44)48-34-26-28-42(8,50-36(45)23-10-2)39-37-32(30(3)4)25-27-41(7,49-31(5)43)38(37)33(47-39)29-40(34,6)46/h30,32-34,37-39,46H,9-29H2,1-8H3/t32-,33-,34+,37-,38-,39-,40+,41-,42-/m1/s1. The van der Waals surface area contributed by atoms with Crippen molar-refractivity contribution in [3.63, 3.8) is 0 Å². The van der Waals surface area contributed by atoms with Gasteiger partial charge in [-0.3, -0.25) is 14.4 Å². The lowest BCUT2D eigenvalue weighted by atomic mass is 9.57. The summed E-state index contributed by atoms with van der Waals surface area (Å²) in [6.07, 6.45) is 18.2. The van der Waals surface area contributed by atoms with Crippen molar-refractivity contribution in [2.45, 2.75) is 225 Å². The number of hydrogen-bond donors (Lipinski definition) is 1. The molecular formula is C42H74O8. The third-order valence-electron chi connectivity index (χ3n) is 12.3. The first-order valence-electron chi connectivity index (χ1n) is 20.7. The number of carbonyl (C=O) groups is 3. The van der Waals surface area contributed by atoms with E-state index in [9.17, 15) is 19.5 Å². The van der Waals surface area contributed by atoms with E-state index in [0.717, 1.165) is 25.7 Å². The van der Waals surface area contributed by atoms with Gasteiger partial charge < -0.3 is 24.1 Å². The van der Waals surface area contributed by atoms with E-state index in [1.54, 1.807) is 6.92 Å². The molecule has 3 fully saturated rings. The van der Waals surface area contributed by atoms with Gasteiger partial charge >= 0.3 is 17.9 Å². The minimum Gasteiger partial charge on any atom is -0.459 e. The maximum Gasteiger partial charge on any atom is 0.306 e. The van der Waals surface area contributed by atoms with Gasteiger partial charge in [-0.15, -0.1) is 0 Å². The Bertz CT molecular complexity index is 1060. The molecular weight excluding hydrogens is 632 g/mol. The van der Waals surface area contributed by atoms with Crippen LogP contribution >= 0.6 is 0 Å². The van der Waals surface area contributed by atoms with E-state index in [2.05, 4.69) is 20.8 Å². The first kappa shape index (κ1) is 42.7. The minimum absolute atomic E-state index is 0.0389. The molecule has 2 heterocycles. The molecule has 290 valence electrons. The number of esters is 3. The normalized spacial score (nSPS) is 34.0. The van der Waals surface area contributed by atoms with Crippen molar-refractivity contribution in [1.29, 1.82) is 0 Å². The van der Waals surface area contributed by atoms with Crippen molar-refractivity contribution in [2.24, 2.45) is 23.7 Å². The predicted molar refractivity (Wildman–Crippen MR) is 197 cm³/mol. The molecule has 0 aromatic carbocycles. The van der Waals surface area contributed by atoms with Crippen molar-refractivity contribution >= 4 is 17.9 Å². The largest absolute Gasteiger partial charge is 0.459 e. The molecule has 3 aliphatic rings. The van der Waals surface area contributed by atoms with Gasteiger partial charge in [-0.25, -0.2) is 0 Å². The smallest absolute Gasteiger partial charge is 0.306 e. The quantitative estimate of drug-likeness (QED) is 0.0757. The Morgan fingerprint density at radius 3 is 1.84 bits per heavy atom. The Labute approximate surface area is 304 Å². The summed E-state index contributed by atoms with van der Waals surface area (Å²) in [7, 11) is 0. The average molecular weight is 707 g/mol. The van der Waals surface area contributed by atoms with Crippen molar-refractivity contribution in [1.82, 2.24) is 0 Å². The molecule has 0 aromatic rings. The van der Waals surface area contributed by atoms with Gasteiger partial charge in [-0.05, 0) is 71.1 Å². The summed E-state index contributed by atoms with van der Waals surface area (Å²) < 4.78 is 25.5. The van der Waals surface area contributed by atoms with Crippen LogP contribution in [0, 0.1) is 23.7 Å². The van der Waals surface area contributed by atoms with Crippen LogP contribution in [-0.2, 0) is 33.3 Å². The highest BCUT2D eigenvalue weighted by Crippen LogP contribution is 2.58. The Kier molecular flexibility index (Phi) is 17.1. The maximum atomic E-state index is 13.2. The molecule has 0 spiro atoms. The molecule has 1 saturated carbocycles. The Hall–Kier alpha value is -1.67. The van der Waals surface area contributed by atoms with Gasteiger partial charge in [0.15, 0.2) is 0 Å². The van der Waals surface area contributed by atoms with Crippen LogP contribution in [0.1, 0.15) is 190 Å². The van der Waals surface area contributed by atoms with Crippen molar-refractivity contribution in [3.05, 3.63) is 0 Å². The molecule has 2 aliphatic heterocycles. The van der Waals surface area contributed by atoms with Crippen molar-refractivity contribution in [3.8, 4) is 0 Å². The fourth-order valence-corrected chi connectivity index (χ4v) is 9.58.